The van der Waals surface area contributed by atoms with E-state index in [1.807, 2.05) is 7.05 Å². The molecule has 0 unspecified atom stereocenters. The Kier molecular flexibility index (Phi) is 4.11. The van der Waals surface area contributed by atoms with E-state index in [1.54, 1.807) is 0 Å². The van der Waals surface area contributed by atoms with Crippen molar-refractivity contribution < 1.29 is 0 Å². The van der Waals surface area contributed by atoms with Gasteiger partial charge in [0.15, 0.2) is 0 Å². The van der Waals surface area contributed by atoms with Gasteiger partial charge in [0, 0.05) is 12.6 Å². The van der Waals surface area contributed by atoms with Crippen LogP contribution in [0.25, 0.3) is 11.3 Å². The molecular weight excluding hydrogens is 302 g/mol. The van der Waals surface area contributed by atoms with Crippen molar-refractivity contribution in [3.63, 3.8) is 0 Å². The highest BCUT2D eigenvalue weighted by atomic mass is 79.9. The van der Waals surface area contributed by atoms with E-state index in [-0.39, 0.29) is 0 Å². The molecule has 0 aliphatic carbocycles. The van der Waals surface area contributed by atoms with Crippen LogP contribution in [-0.4, -0.2) is 16.6 Å². The summed E-state index contributed by atoms with van der Waals surface area (Å²) in [5.41, 5.74) is 6.38. The van der Waals surface area contributed by atoms with Gasteiger partial charge in [-0.1, -0.05) is 12.1 Å². The molecular formula is C15H20BrN3. The first kappa shape index (κ1) is 14.3. The highest BCUT2D eigenvalue weighted by Gasteiger charge is 2.16. The largest absolute Gasteiger partial charge is 0.329 e. The van der Waals surface area contributed by atoms with Gasteiger partial charge in [0.2, 0.25) is 0 Å². The first-order valence-electron chi connectivity index (χ1n) is 6.40. The minimum Gasteiger partial charge on any atom is -0.329 e. The number of benzene rings is 1. The van der Waals surface area contributed by atoms with Crippen molar-refractivity contribution in [3.8, 4) is 11.3 Å². The molecule has 2 aromatic rings. The average Bonchev–Trinajstić information content (AvgIpc) is 2.64. The Hall–Kier alpha value is -1.13. The zero-order valence-electron chi connectivity index (χ0n) is 12.1. The Morgan fingerprint density at radius 1 is 1.21 bits per heavy atom. The van der Waals surface area contributed by atoms with Crippen LogP contribution < -0.4 is 5.32 Å². The quantitative estimate of drug-likeness (QED) is 0.937. The van der Waals surface area contributed by atoms with Crippen molar-refractivity contribution >= 4 is 15.9 Å². The Labute approximate surface area is 123 Å². The van der Waals surface area contributed by atoms with Crippen molar-refractivity contribution in [1.29, 1.82) is 0 Å². The number of aryl methyl sites for hydroxylation is 1. The third kappa shape index (κ3) is 2.47. The summed E-state index contributed by atoms with van der Waals surface area (Å²) >= 11 is 3.59. The lowest BCUT2D eigenvalue weighted by atomic mass is 9.97. The lowest BCUT2D eigenvalue weighted by Gasteiger charge is -2.13. The van der Waals surface area contributed by atoms with E-state index in [0.29, 0.717) is 0 Å². The van der Waals surface area contributed by atoms with Crippen LogP contribution in [0.2, 0.25) is 0 Å². The van der Waals surface area contributed by atoms with Crippen LogP contribution in [0, 0.1) is 20.8 Å². The van der Waals surface area contributed by atoms with Crippen molar-refractivity contribution in [2.24, 2.45) is 7.05 Å². The van der Waals surface area contributed by atoms with Gasteiger partial charge in [0.1, 0.15) is 10.4 Å². The highest BCUT2D eigenvalue weighted by Crippen LogP contribution is 2.33. The standard InChI is InChI=1S/C15H20BrN3/c1-9-6-7-12(11(3)10(9)2)14-15(16)18-13(8-17-4)19(14)5/h6-7,17H,8H2,1-5H3. The highest BCUT2D eigenvalue weighted by molar-refractivity contribution is 9.10. The van der Waals surface area contributed by atoms with Gasteiger partial charge in [-0.2, -0.15) is 0 Å². The molecule has 1 N–H and O–H groups in total. The molecule has 0 saturated heterocycles. The van der Waals surface area contributed by atoms with Crippen LogP contribution in [-0.2, 0) is 13.6 Å². The van der Waals surface area contributed by atoms with Crippen molar-refractivity contribution in [1.82, 2.24) is 14.9 Å². The summed E-state index contributed by atoms with van der Waals surface area (Å²) in [6.07, 6.45) is 0. The number of halogens is 1. The first-order chi connectivity index (χ1) is 8.97. The summed E-state index contributed by atoms with van der Waals surface area (Å²) in [5, 5.41) is 3.15. The monoisotopic (exact) mass is 321 g/mol. The zero-order valence-corrected chi connectivity index (χ0v) is 13.7. The smallest absolute Gasteiger partial charge is 0.132 e. The summed E-state index contributed by atoms with van der Waals surface area (Å²) < 4.78 is 3.06. The third-order valence-electron chi connectivity index (χ3n) is 3.79. The second-order valence-electron chi connectivity index (χ2n) is 4.94. The minimum atomic E-state index is 0.763. The van der Waals surface area contributed by atoms with Crippen LogP contribution >= 0.6 is 15.9 Å². The Balaban J connectivity index is 2.63. The Bertz CT molecular complexity index is 614. The van der Waals surface area contributed by atoms with Gasteiger partial charge in [-0.05, 0) is 60.4 Å². The number of hydrogen-bond donors (Lipinski definition) is 1. The Morgan fingerprint density at radius 3 is 2.53 bits per heavy atom. The molecule has 0 spiro atoms. The van der Waals surface area contributed by atoms with Crippen LogP contribution in [0.3, 0.4) is 0 Å². The number of rotatable bonds is 3. The molecule has 0 bridgehead atoms. The van der Waals surface area contributed by atoms with Crippen LogP contribution in [0.15, 0.2) is 16.7 Å². The molecule has 2 rings (SSSR count). The van der Waals surface area contributed by atoms with E-state index in [4.69, 9.17) is 0 Å². The lowest BCUT2D eigenvalue weighted by Crippen LogP contribution is -2.10. The lowest BCUT2D eigenvalue weighted by molar-refractivity contribution is 0.712. The van der Waals surface area contributed by atoms with Crippen LogP contribution in [0.4, 0.5) is 0 Å². The molecule has 0 saturated carbocycles. The molecule has 0 radical (unpaired) electrons. The maximum atomic E-state index is 4.59. The number of aromatic nitrogens is 2. The summed E-state index contributed by atoms with van der Waals surface area (Å²) in [7, 11) is 4.00. The predicted molar refractivity (Wildman–Crippen MR) is 83.3 cm³/mol. The van der Waals surface area contributed by atoms with E-state index >= 15 is 0 Å². The summed E-state index contributed by atoms with van der Waals surface area (Å²) in [6, 6.07) is 4.36. The van der Waals surface area contributed by atoms with Crippen molar-refractivity contribution in [3.05, 3.63) is 39.3 Å². The molecule has 0 aliphatic heterocycles. The molecule has 4 heteroatoms. The molecule has 0 atom stereocenters. The van der Waals surface area contributed by atoms with E-state index in [9.17, 15) is 0 Å². The van der Waals surface area contributed by atoms with Gasteiger partial charge in [-0.25, -0.2) is 4.98 Å². The second kappa shape index (κ2) is 5.47. The zero-order chi connectivity index (χ0) is 14.2. The normalized spacial score (nSPS) is 11.1. The molecule has 0 fully saturated rings. The molecule has 1 heterocycles. The molecule has 0 amide bonds. The summed E-state index contributed by atoms with van der Waals surface area (Å²) in [5.74, 6) is 1.03. The van der Waals surface area contributed by atoms with E-state index < -0.39 is 0 Å². The predicted octanol–water partition coefficient (Wildman–Crippen LogP) is 3.49. The van der Waals surface area contributed by atoms with Crippen LogP contribution in [0.1, 0.15) is 22.5 Å². The molecule has 0 aliphatic rings. The fourth-order valence-corrected chi connectivity index (χ4v) is 3.01. The molecule has 102 valence electrons. The minimum absolute atomic E-state index is 0.763. The maximum Gasteiger partial charge on any atom is 0.132 e. The van der Waals surface area contributed by atoms with Crippen molar-refractivity contribution in [2.45, 2.75) is 27.3 Å². The summed E-state index contributed by atoms with van der Waals surface area (Å²) in [4.78, 5) is 4.59. The summed E-state index contributed by atoms with van der Waals surface area (Å²) in [6.45, 7) is 7.26. The molecule has 3 nitrogen and oxygen atoms in total. The molecule has 19 heavy (non-hydrogen) atoms. The van der Waals surface area contributed by atoms with Gasteiger partial charge in [0.05, 0.1) is 12.2 Å². The first-order valence-corrected chi connectivity index (χ1v) is 7.19. The maximum absolute atomic E-state index is 4.59. The number of hydrogen-bond acceptors (Lipinski definition) is 2. The second-order valence-corrected chi connectivity index (χ2v) is 5.69. The van der Waals surface area contributed by atoms with E-state index in [1.165, 1.54) is 22.3 Å². The SMILES string of the molecule is CNCc1nc(Br)c(-c2ccc(C)c(C)c2C)n1C. The van der Waals surface area contributed by atoms with Gasteiger partial charge in [-0.15, -0.1) is 0 Å². The Morgan fingerprint density at radius 2 is 1.89 bits per heavy atom. The number of imidazole rings is 1. The number of nitrogens with zero attached hydrogens (tertiary/aromatic N) is 2. The molecule has 1 aromatic heterocycles. The van der Waals surface area contributed by atoms with Crippen molar-refractivity contribution in [2.75, 3.05) is 7.05 Å². The van der Waals surface area contributed by atoms with Crippen LogP contribution in [0.5, 0.6) is 0 Å². The van der Waals surface area contributed by atoms with Gasteiger partial charge < -0.3 is 9.88 Å². The third-order valence-corrected chi connectivity index (χ3v) is 4.35. The fourth-order valence-electron chi connectivity index (χ4n) is 2.33. The fraction of sp³-hybridized carbons (Fsp3) is 0.400. The van der Waals surface area contributed by atoms with E-state index in [2.05, 4.69) is 70.7 Å². The van der Waals surface area contributed by atoms with Gasteiger partial charge in [0.25, 0.3) is 0 Å². The number of nitrogens with one attached hydrogen (secondary N) is 1. The average molecular weight is 322 g/mol. The van der Waals surface area contributed by atoms with E-state index in [0.717, 1.165) is 22.7 Å². The molecule has 1 aromatic carbocycles. The van der Waals surface area contributed by atoms with Gasteiger partial charge in [-0.3, -0.25) is 0 Å². The van der Waals surface area contributed by atoms with Gasteiger partial charge >= 0.3 is 0 Å². The topological polar surface area (TPSA) is 29.9 Å².